The van der Waals surface area contributed by atoms with Crippen LogP contribution in [0.3, 0.4) is 0 Å². The molecule has 0 bridgehead atoms. The van der Waals surface area contributed by atoms with Crippen molar-refractivity contribution in [2.75, 3.05) is 11.4 Å². The Hall–Kier alpha value is -1.12. The van der Waals surface area contributed by atoms with Gasteiger partial charge in [0.2, 0.25) is 0 Å². The molecule has 0 spiro atoms. The molecule has 1 aromatic rings. The molecule has 0 saturated carbocycles. The molecule has 0 N–H and O–H groups in total. The maximum Gasteiger partial charge on any atom is 0.132 e. The maximum absolute atomic E-state index is 4.86. The predicted octanol–water partition coefficient (Wildman–Crippen LogP) is 5.39. The number of anilines is 1. The van der Waals surface area contributed by atoms with E-state index in [4.69, 9.17) is 4.98 Å². The maximum atomic E-state index is 4.86. The van der Waals surface area contributed by atoms with E-state index in [1.54, 1.807) is 0 Å². The van der Waals surface area contributed by atoms with Crippen molar-refractivity contribution in [1.82, 2.24) is 9.97 Å². The van der Waals surface area contributed by atoms with Crippen molar-refractivity contribution in [3.63, 3.8) is 0 Å². The molecule has 126 valence electrons. The van der Waals surface area contributed by atoms with Crippen molar-refractivity contribution in [2.24, 2.45) is 0 Å². The van der Waals surface area contributed by atoms with E-state index in [9.17, 15) is 0 Å². The van der Waals surface area contributed by atoms with Crippen molar-refractivity contribution in [3.05, 3.63) is 18.1 Å². The summed E-state index contributed by atoms with van der Waals surface area (Å²) in [7, 11) is 0. The van der Waals surface area contributed by atoms with Crippen LogP contribution in [0.4, 0.5) is 5.82 Å². The van der Waals surface area contributed by atoms with Crippen LogP contribution in [0.15, 0.2) is 12.3 Å². The molecule has 0 unspecified atom stereocenters. The van der Waals surface area contributed by atoms with Gasteiger partial charge in [0.25, 0.3) is 0 Å². The molecule has 0 radical (unpaired) electrons. The molecular weight excluding hydrogens is 270 g/mol. The van der Waals surface area contributed by atoms with Gasteiger partial charge in [-0.15, -0.1) is 0 Å². The Labute approximate surface area is 137 Å². The number of unbranched alkanes of at least 4 members (excludes halogenated alkanes) is 2. The van der Waals surface area contributed by atoms with E-state index >= 15 is 0 Å². The minimum Gasteiger partial charge on any atom is -0.354 e. The summed E-state index contributed by atoms with van der Waals surface area (Å²) in [4.78, 5) is 11.9. The van der Waals surface area contributed by atoms with E-state index in [1.807, 2.05) is 6.20 Å². The van der Waals surface area contributed by atoms with Crippen LogP contribution in [0.1, 0.15) is 84.9 Å². The molecule has 0 atom stereocenters. The fourth-order valence-electron chi connectivity index (χ4n) is 2.94. The second-order valence-corrected chi connectivity index (χ2v) is 6.21. The standard InChI is InChI=1S/C19H35N3/c1-5-9-13-18-20-15-14-19(21-18)22(16-10-6-2)17(11-7-3)12-8-4/h14-15,17H,5-13,16H2,1-4H3. The van der Waals surface area contributed by atoms with Gasteiger partial charge in [0.05, 0.1) is 0 Å². The lowest BCUT2D eigenvalue weighted by Gasteiger charge is -2.33. The average Bonchev–Trinajstić information content (AvgIpc) is 2.54. The van der Waals surface area contributed by atoms with E-state index in [2.05, 4.69) is 43.6 Å². The molecule has 1 rings (SSSR count). The fraction of sp³-hybridized carbons (Fsp3) is 0.789. The highest BCUT2D eigenvalue weighted by atomic mass is 15.2. The van der Waals surface area contributed by atoms with Gasteiger partial charge in [0, 0.05) is 25.2 Å². The van der Waals surface area contributed by atoms with Gasteiger partial charge in [-0.05, 0) is 31.7 Å². The first-order chi connectivity index (χ1) is 10.8. The van der Waals surface area contributed by atoms with Crippen LogP contribution in [0.2, 0.25) is 0 Å². The van der Waals surface area contributed by atoms with Crippen molar-refractivity contribution in [1.29, 1.82) is 0 Å². The fourth-order valence-corrected chi connectivity index (χ4v) is 2.94. The third kappa shape index (κ3) is 6.33. The van der Waals surface area contributed by atoms with Gasteiger partial charge >= 0.3 is 0 Å². The average molecular weight is 306 g/mol. The smallest absolute Gasteiger partial charge is 0.132 e. The zero-order chi connectivity index (χ0) is 16.2. The quantitative estimate of drug-likeness (QED) is 0.518. The summed E-state index contributed by atoms with van der Waals surface area (Å²) in [5.41, 5.74) is 0. The van der Waals surface area contributed by atoms with Crippen LogP contribution in [0, 0.1) is 0 Å². The molecular formula is C19H35N3. The van der Waals surface area contributed by atoms with Gasteiger partial charge in [-0.3, -0.25) is 0 Å². The highest BCUT2D eigenvalue weighted by molar-refractivity contribution is 5.39. The Balaban J connectivity index is 2.92. The molecule has 22 heavy (non-hydrogen) atoms. The monoisotopic (exact) mass is 305 g/mol. The Morgan fingerprint density at radius 2 is 1.64 bits per heavy atom. The minimum atomic E-state index is 0.621. The van der Waals surface area contributed by atoms with Crippen LogP contribution >= 0.6 is 0 Å². The number of rotatable bonds is 12. The van der Waals surface area contributed by atoms with Gasteiger partial charge < -0.3 is 4.90 Å². The minimum absolute atomic E-state index is 0.621. The van der Waals surface area contributed by atoms with E-state index in [1.165, 1.54) is 51.4 Å². The summed E-state index contributed by atoms with van der Waals surface area (Å²) in [5, 5.41) is 0. The Morgan fingerprint density at radius 3 is 2.23 bits per heavy atom. The molecule has 3 nitrogen and oxygen atoms in total. The van der Waals surface area contributed by atoms with Crippen molar-refractivity contribution >= 4 is 5.82 Å². The number of hydrogen-bond donors (Lipinski definition) is 0. The molecule has 0 fully saturated rings. The Bertz CT molecular complexity index is 386. The first kappa shape index (κ1) is 18.9. The molecule has 1 heterocycles. The lowest BCUT2D eigenvalue weighted by atomic mass is 10.0. The summed E-state index contributed by atoms with van der Waals surface area (Å²) in [6, 6.07) is 2.72. The van der Waals surface area contributed by atoms with Gasteiger partial charge in [-0.1, -0.05) is 53.4 Å². The van der Waals surface area contributed by atoms with E-state index in [-0.39, 0.29) is 0 Å². The van der Waals surface area contributed by atoms with Crippen molar-refractivity contribution < 1.29 is 0 Å². The van der Waals surface area contributed by atoms with Crippen molar-refractivity contribution in [3.8, 4) is 0 Å². The van der Waals surface area contributed by atoms with E-state index < -0.39 is 0 Å². The second-order valence-electron chi connectivity index (χ2n) is 6.21. The second kappa shape index (κ2) is 11.4. The van der Waals surface area contributed by atoms with E-state index in [0.717, 1.165) is 24.6 Å². The van der Waals surface area contributed by atoms with Gasteiger partial charge in [0.15, 0.2) is 0 Å². The molecule has 0 aliphatic heterocycles. The number of hydrogen-bond acceptors (Lipinski definition) is 3. The van der Waals surface area contributed by atoms with Crippen LogP contribution in [0.5, 0.6) is 0 Å². The molecule has 0 aliphatic carbocycles. The highest BCUT2D eigenvalue weighted by Gasteiger charge is 2.18. The largest absolute Gasteiger partial charge is 0.354 e. The molecule has 3 heteroatoms. The molecule has 0 aliphatic rings. The third-order valence-corrected chi connectivity index (χ3v) is 4.18. The Morgan fingerprint density at radius 1 is 0.955 bits per heavy atom. The number of nitrogens with zero attached hydrogens (tertiary/aromatic N) is 3. The SMILES string of the molecule is CCCCc1nccc(N(CCCC)C(CCC)CCC)n1. The highest BCUT2D eigenvalue weighted by Crippen LogP contribution is 2.21. The first-order valence-corrected chi connectivity index (χ1v) is 9.35. The summed E-state index contributed by atoms with van der Waals surface area (Å²) in [5.74, 6) is 2.15. The number of aromatic nitrogens is 2. The predicted molar refractivity (Wildman–Crippen MR) is 96.5 cm³/mol. The normalized spacial score (nSPS) is 11.1. The van der Waals surface area contributed by atoms with Gasteiger partial charge in [0.1, 0.15) is 11.6 Å². The molecule has 0 amide bonds. The lowest BCUT2D eigenvalue weighted by molar-refractivity contribution is 0.492. The molecule has 1 aromatic heterocycles. The Kier molecular flexibility index (Phi) is 9.85. The summed E-state index contributed by atoms with van der Waals surface area (Å²) >= 11 is 0. The van der Waals surface area contributed by atoms with Crippen LogP contribution < -0.4 is 4.90 Å². The van der Waals surface area contributed by atoms with E-state index in [0.29, 0.717) is 6.04 Å². The lowest BCUT2D eigenvalue weighted by Crippen LogP contribution is -2.37. The molecule has 0 saturated heterocycles. The van der Waals surface area contributed by atoms with Crippen molar-refractivity contribution in [2.45, 2.75) is 91.5 Å². The summed E-state index contributed by atoms with van der Waals surface area (Å²) in [6.45, 7) is 10.2. The van der Waals surface area contributed by atoms with Gasteiger partial charge in [-0.2, -0.15) is 0 Å². The third-order valence-electron chi connectivity index (χ3n) is 4.18. The summed E-state index contributed by atoms with van der Waals surface area (Å²) < 4.78 is 0. The first-order valence-electron chi connectivity index (χ1n) is 9.35. The summed E-state index contributed by atoms with van der Waals surface area (Å²) in [6.07, 6.45) is 12.8. The molecule has 0 aromatic carbocycles. The van der Waals surface area contributed by atoms with Crippen LogP contribution in [-0.4, -0.2) is 22.6 Å². The van der Waals surface area contributed by atoms with Crippen LogP contribution in [-0.2, 0) is 6.42 Å². The topological polar surface area (TPSA) is 29.0 Å². The van der Waals surface area contributed by atoms with Crippen LogP contribution in [0.25, 0.3) is 0 Å². The number of aryl methyl sites for hydroxylation is 1. The zero-order valence-electron chi connectivity index (χ0n) is 15.1. The zero-order valence-corrected chi connectivity index (χ0v) is 15.1. The van der Waals surface area contributed by atoms with Gasteiger partial charge in [-0.25, -0.2) is 9.97 Å².